The molecule has 0 radical (unpaired) electrons. The summed E-state index contributed by atoms with van der Waals surface area (Å²) >= 11 is 12.1. The highest BCUT2D eigenvalue weighted by atomic mass is 35.5. The first-order valence-corrected chi connectivity index (χ1v) is 13.7. The van der Waals surface area contributed by atoms with Crippen LogP contribution < -0.4 is 10.1 Å². The van der Waals surface area contributed by atoms with E-state index in [9.17, 15) is 14.4 Å². The Labute approximate surface area is 242 Å². The molecular weight excluding hydrogens is 557 g/mol. The van der Waals surface area contributed by atoms with Crippen LogP contribution >= 0.6 is 23.2 Å². The molecule has 212 valence electrons. The molecule has 0 spiro atoms. The van der Waals surface area contributed by atoms with Crippen molar-refractivity contribution < 1.29 is 23.9 Å². The zero-order chi connectivity index (χ0) is 28.8. The van der Waals surface area contributed by atoms with Crippen LogP contribution in [-0.4, -0.2) is 70.3 Å². The highest BCUT2D eigenvalue weighted by molar-refractivity contribution is 6.35. The van der Waals surface area contributed by atoms with Crippen molar-refractivity contribution in [3.05, 3.63) is 75.5 Å². The van der Waals surface area contributed by atoms with Gasteiger partial charge in [0.05, 0.1) is 23.0 Å². The third-order valence-corrected chi connectivity index (χ3v) is 7.07. The van der Waals surface area contributed by atoms with Crippen molar-refractivity contribution in [2.75, 3.05) is 38.1 Å². The van der Waals surface area contributed by atoms with E-state index >= 15 is 0 Å². The van der Waals surface area contributed by atoms with E-state index in [0.29, 0.717) is 65.5 Å². The number of ether oxygens (including phenoxy) is 2. The van der Waals surface area contributed by atoms with Crippen molar-refractivity contribution in [3.8, 4) is 5.75 Å². The van der Waals surface area contributed by atoms with Crippen LogP contribution in [0.4, 0.5) is 10.5 Å². The fourth-order valence-corrected chi connectivity index (χ4v) is 4.67. The first kappa shape index (κ1) is 29.2. The molecule has 1 aliphatic rings. The normalized spacial score (nSPS) is 14.0. The van der Waals surface area contributed by atoms with Gasteiger partial charge in [0.2, 0.25) is 5.91 Å². The molecule has 4 rings (SSSR count). The molecule has 1 saturated heterocycles. The summed E-state index contributed by atoms with van der Waals surface area (Å²) in [6.45, 7) is 7.54. The molecule has 2 aromatic carbocycles. The maximum Gasteiger partial charge on any atom is 0.409 e. The number of amides is 3. The molecule has 2 heterocycles. The van der Waals surface area contributed by atoms with Crippen LogP contribution in [0.25, 0.3) is 0 Å². The van der Waals surface area contributed by atoms with Crippen LogP contribution in [0.5, 0.6) is 5.75 Å². The van der Waals surface area contributed by atoms with Crippen LogP contribution in [0.3, 0.4) is 0 Å². The van der Waals surface area contributed by atoms with Crippen LogP contribution in [-0.2, 0) is 16.1 Å². The Bertz CT molecular complexity index is 1370. The molecule has 1 aromatic heterocycles. The minimum atomic E-state index is -0.577. The third kappa shape index (κ3) is 7.05. The largest absolute Gasteiger partial charge is 0.487 e. The number of carbonyl (C=O) groups excluding carboxylic acids is 3. The fourth-order valence-electron chi connectivity index (χ4n) is 4.20. The van der Waals surface area contributed by atoms with E-state index in [2.05, 4.69) is 10.4 Å². The molecule has 1 N–H and O–H groups in total. The van der Waals surface area contributed by atoms with Gasteiger partial charge in [-0.1, -0.05) is 35.3 Å². The molecule has 10 nitrogen and oxygen atoms in total. The SMILES string of the molecule is CCOC(=O)N1CCN(C(=O)C(C)n2cc(NC(=O)c3ccc(COc4ccc(Cl)cc4Cl)cc3)c(C)n2)CC1. The molecule has 1 unspecified atom stereocenters. The Kier molecular flexibility index (Phi) is 9.54. The predicted molar refractivity (Wildman–Crippen MR) is 152 cm³/mol. The first-order chi connectivity index (χ1) is 19.2. The van der Waals surface area contributed by atoms with Crippen LogP contribution in [0, 0.1) is 6.92 Å². The summed E-state index contributed by atoms with van der Waals surface area (Å²) < 4.78 is 12.3. The number of carbonyl (C=O) groups is 3. The van der Waals surface area contributed by atoms with Gasteiger partial charge in [-0.2, -0.15) is 5.10 Å². The molecule has 1 fully saturated rings. The van der Waals surface area contributed by atoms with Crippen molar-refractivity contribution >= 4 is 46.8 Å². The van der Waals surface area contributed by atoms with Gasteiger partial charge in [0.25, 0.3) is 5.91 Å². The maximum absolute atomic E-state index is 13.1. The summed E-state index contributed by atoms with van der Waals surface area (Å²) in [5, 5.41) is 8.28. The van der Waals surface area contributed by atoms with E-state index in [1.807, 2.05) is 0 Å². The quantitative estimate of drug-likeness (QED) is 0.388. The summed E-state index contributed by atoms with van der Waals surface area (Å²) in [5.41, 5.74) is 2.43. The summed E-state index contributed by atoms with van der Waals surface area (Å²) in [6.07, 6.45) is 1.29. The van der Waals surface area contributed by atoms with Gasteiger partial charge < -0.3 is 24.6 Å². The van der Waals surface area contributed by atoms with E-state index < -0.39 is 6.04 Å². The van der Waals surface area contributed by atoms with Crippen LogP contribution in [0.15, 0.2) is 48.7 Å². The Morgan fingerprint density at radius 1 is 1.02 bits per heavy atom. The van der Waals surface area contributed by atoms with E-state index in [-0.39, 0.29) is 24.5 Å². The van der Waals surface area contributed by atoms with Crippen molar-refractivity contribution in [2.45, 2.75) is 33.4 Å². The minimum Gasteiger partial charge on any atom is -0.487 e. The van der Waals surface area contributed by atoms with E-state index in [4.69, 9.17) is 32.7 Å². The van der Waals surface area contributed by atoms with Crippen molar-refractivity contribution in [2.24, 2.45) is 0 Å². The standard InChI is InChI=1S/C28H31Cl2N5O5/c1-4-39-28(38)34-13-11-33(12-14-34)27(37)19(3)35-16-24(18(2)32-35)31-26(36)21-7-5-20(6-8-21)17-40-25-10-9-22(29)15-23(25)30/h5-10,15-16,19H,4,11-14,17H2,1-3H3,(H,31,36). The summed E-state index contributed by atoms with van der Waals surface area (Å²) in [6, 6.07) is 11.5. The number of hydrogen-bond acceptors (Lipinski definition) is 6. The van der Waals surface area contributed by atoms with E-state index in [1.165, 1.54) is 0 Å². The number of hydrogen-bond donors (Lipinski definition) is 1. The lowest BCUT2D eigenvalue weighted by Crippen LogP contribution is -2.52. The molecule has 40 heavy (non-hydrogen) atoms. The number of nitrogens with one attached hydrogen (secondary N) is 1. The molecule has 0 bridgehead atoms. The van der Waals surface area contributed by atoms with Gasteiger partial charge in [-0.05, 0) is 56.7 Å². The summed E-state index contributed by atoms with van der Waals surface area (Å²) in [5.74, 6) is 0.110. The Balaban J connectivity index is 1.32. The van der Waals surface area contributed by atoms with Crippen LogP contribution in [0.2, 0.25) is 10.0 Å². The molecule has 0 saturated carbocycles. The summed E-state index contributed by atoms with van der Waals surface area (Å²) in [7, 11) is 0. The van der Waals surface area contributed by atoms with E-state index in [0.717, 1.165) is 5.56 Å². The van der Waals surface area contributed by atoms with Gasteiger partial charge in [0.1, 0.15) is 18.4 Å². The van der Waals surface area contributed by atoms with Gasteiger partial charge in [-0.3, -0.25) is 14.3 Å². The van der Waals surface area contributed by atoms with Gasteiger partial charge in [0, 0.05) is 43.0 Å². The number of benzene rings is 2. The average molecular weight is 588 g/mol. The number of anilines is 1. The zero-order valence-electron chi connectivity index (χ0n) is 22.5. The van der Waals surface area contributed by atoms with Gasteiger partial charge in [-0.15, -0.1) is 0 Å². The molecule has 1 atom stereocenters. The van der Waals surface area contributed by atoms with Crippen molar-refractivity contribution in [3.63, 3.8) is 0 Å². The molecular formula is C28H31Cl2N5O5. The second-order valence-electron chi connectivity index (χ2n) is 9.31. The van der Waals surface area contributed by atoms with Gasteiger partial charge in [-0.25, -0.2) is 4.79 Å². The third-order valence-electron chi connectivity index (χ3n) is 6.54. The Morgan fingerprint density at radius 3 is 2.35 bits per heavy atom. The van der Waals surface area contributed by atoms with Gasteiger partial charge >= 0.3 is 6.09 Å². The number of nitrogens with zero attached hydrogens (tertiary/aromatic N) is 4. The average Bonchev–Trinajstić information content (AvgIpc) is 3.32. The number of halogens is 2. The maximum atomic E-state index is 13.1. The summed E-state index contributed by atoms with van der Waals surface area (Å²) in [4.78, 5) is 41.2. The van der Waals surface area contributed by atoms with Gasteiger partial charge in [0.15, 0.2) is 0 Å². The van der Waals surface area contributed by atoms with E-state index in [1.54, 1.807) is 83.9 Å². The lowest BCUT2D eigenvalue weighted by molar-refractivity contribution is -0.136. The first-order valence-electron chi connectivity index (χ1n) is 12.9. The van der Waals surface area contributed by atoms with Crippen LogP contribution in [0.1, 0.15) is 41.5 Å². The second-order valence-corrected chi connectivity index (χ2v) is 10.2. The lowest BCUT2D eigenvalue weighted by atomic mass is 10.1. The zero-order valence-corrected chi connectivity index (χ0v) is 24.0. The Hall–Kier alpha value is -3.76. The number of aromatic nitrogens is 2. The van der Waals surface area contributed by atoms with Crippen molar-refractivity contribution in [1.82, 2.24) is 19.6 Å². The fraction of sp³-hybridized carbons (Fsp3) is 0.357. The lowest BCUT2D eigenvalue weighted by Gasteiger charge is -2.35. The molecule has 12 heteroatoms. The molecule has 0 aliphatic carbocycles. The second kappa shape index (κ2) is 13.1. The minimum absolute atomic E-state index is 0.110. The highest BCUT2D eigenvalue weighted by Crippen LogP contribution is 2.28. The Morgan fingerprint density at radius 2 is 1.70 bits per heavy atom. The number of aryl methyl sites for hydroxylation is 1. The number of piperazine rings is 1. The number of rotatable bonds is 8. The smallest absolute Gasteiger partial charge is 0.409 e. The topological polar surface area (TPSA) is 106 Å². The highest BCUT2D eigenvalue weighted by Gasteiger charge is 2.29. The van der Waals surface area contributed by atoms with Crippen molar-refractivity contribution in [1.29, 1.82) is 0 Å². The predicted octanol–water partition coefficient (Wildman–Crippen LogP) is 5.19. The molecule has 1 aliphatic heterocycles. The molecule has 3 amide bonds. The molecule has 3 aromatic rings. The monoisotopic (exact) mass is 587 g/mol.